The molecular formula is C21H27N3O. The van der Waals surface area contributed by atoms with Gasteiger partial charge in [0.05, 0.1) is 6.54 Å². The van der Waals surface area contributed by atoms with Gasteiger partial charge in [0.25, 0.3) is 0 Å². The maximum absolute atomic E-state index is 12.7. The van der Waals surface area contributed by atoms with Crippen molar-refractivity contribution in [3.63, 3.8) is 0 Å². The molecule has 0 spiro atoms. The van der Waals surface area contributed by atoms with Crippen LogP contribution in [0.5, 0.6) is 0 Å². The first-order chi connectivity index (χ1) is 12.1. The van der Waals surface area contributed by atoms with Crippen molar-refractivity contribution < 1.29 is 4.79 Å². The first kappa shape index (κ1) is 17.6. The van der Waals surface area contributed by atoms with Crippen molar-refractivity contribution in [3.05, 3.63) is 65.2 Å². The topological polar surface area (TPSA) is 49.6 Å². The Labute approximate surface area is 150 Å². The highest BCUT2D eigenvalue weighted by atomic mass is 16.2. The lowest BCUT2D eigenvalue weighted by Gasteiger charge is -2.39. The van der Waals surface area contributed by atoms with Crippen molar-refractivity contribution in [2.24, 2.45) is 5.73 Å². The molecule has 0 aliphatic carbocycles. The fraction of sp³-hybridized carbons (Fsp3) is 0.381. The van der Waals surface area contributed by atoms with Crippen LogP contribution in [0.3, 0.4) is 0 Å². The van der Waals surface area contributed by atoms with Gasteiger partial charge in [-0.2, -0.15) is 0 Å². The van der Waals surface area contributed by atoms with Crippen LogP contribution < -0.4 is 10.6 Å². The third-order valence-electron chi connectivity index (χ3n) is 4.86. The van der Waals surface area contributed by atoms with Gasteiger partial charge in [-0.25, -0.2) is 0 Å². The summed E-state index contributed by atoms with van der Waals surface area (Å²) in [5.74, 6) is 0.170. The van der Waals surface area contributed by atoms with E-state index in [4.69, 9.17) is 5.73 Å². The first-order valence-corrected chi connectivity index (χ1v) is 8.96. The molecule has 3 rings (SSSR count). The van der Waals surface area contributed by atoms with Gasteiger partial charge in [0.15, 0.2) is 0 Å². The van der Waals surface area contributed by atoms with Gasteiger partial charge in [-0.1, -0.05) is 36.4 Å². The van der Waals surface area contributed by atoms with E-state index in [0.29, 0.717) is 19.1 Å². The van der Waals surface area contributed by atoms with Crippen LogP contribution in [-0.4, -0.2) is 36.5 Å². The fourth-order valence-corrected chi connectivity index (χ4v) is 3.37. The minimum absolute atomic E-state index is 0.170. The summed E-state index contributed by atoms with van der Waals surface area (Å²) in [6.07, 6.45) is 0.907. The smallest absolute Gasteiger partial charge is 0.241 e. The van der Waals surface area contributed by atoms with Crippen molar-refractivity contribution in [2.45, 2.75) is 32.9 Å². The van der Waals surface area contributed by atoms with Gasteiger partial charge in [0.2, 0.25) is 5.91 Å². The largest absolute Gasteiger partial charge is 0.330 e. The highest BCUT2D eigenvalue weighted by molar-refractivity contribution is 5.95. The van der Waals surface area contributed by atoms with Crippen LogP contribution in [0.4, 0.5) is 5.69 Å². The molecule has 1 atom stereocenters. The Hall–Kier alpha value is -2.17. The van der Waals surface area contributed by atoms with E-state index in [1.807, 2.05) is 17.0 Å². The number of nitrogens with zero attached hydrogens (tertiary/aromatic N) is 2. The molecule has 1 aliphatic rings. The Morgan fingerprint density at radius 1 is 1.12 bits per heavy atom. The molecule has 1 unspecified atom stereocenters. The number of amides is 1. The molecule has 1 amide bonds. The molecule has 4 heteroatoms. The van der Waals surface area contributed by atoms with E-state index in [2.05, 4.69) is 55.1 Å². The lowest BCUT2D eigenvalue weighted by Crippen LogP contribution is -2.54. The molecule has 1 fully saturated rings. The zero-order valence-corrected chi connectivity index (χ0v) is 15.1. The Balaban J connectivity index is 1.66. The quantitative estimate of drug-likeness (QED) is 0.913. The molecule has 25 heavy (non-hydrogen) atoms. The number of aryl methyl sites for hydroxylation is 1. The third-order valence-corrected chi connectivity index (χ3v) is 4.86. The van der Waals surface area contributed by atoms with Crippen molar-refractivity contribution in [2.75, 3.05) is 24.5 Å². The van der Waals surface area contributed by atoms with Crippen LogP contribution in [-0.2, 0) is 17.8 Å². The number of nitrogens with two attached hydrogens (primary N) is 1. The molecule has 0 aromatic heterocycles. The van der Waals surface area contributed by atoms with Gasteiger partial charge in [-0.3, -0.25) is 9.69 Å². The molecule has 1 heterocycles. The number of rotatable bonds is 5. The molecule has 2 aromatic rings. The SMILES string of the molecule is Cc1cccc(N2CC(C)N(Cc3ccc(CCN)cc3)CC2=O)c1. The van der Waals surface area contributed by atoms with E-state index in [9.17, 15) is 4.79 Å². The summed E-state index contributed by atoms with van der Waals surface area (Å²) in [6, 6.07) is 17.1. The molecule has 2 aromatic carbocycles. The van der Waals surface area contributed by atoms with Crippen LogP contribution >= 0.6 is 0 Å². The number of hydrogen-bond acceptors (Lipinski definition) is 3. The zero-order chi connectivity index (χ0) is 17.8. The van der Waals surface area contributed by atoms with E-state index < -0.39 is 0 Å². The number of anilines is 1. The van der Waals surface area contributed by atoms with E-state index in [1.165, 1.54) is 16.7 Å². The summed E-state index contributed by atoms with van der Waals surface area (Å²) in [7, 11) is 0. The van der Waals surface area contributed by atoms with Crippen LogP contribution in [0.2, 0.25) is 0 Å². The molecule has 0 saturated carbocycles. The van der Waals surface area contributed by atoms with Crippen molar-refractivity contribution in [1.29, 1.82) is 0 Å². The monoisotopic (exact) mass is 337 g/mol. The van der Waals surface area contributed by atoms with Crippen molar-refractivity contribution in [1.82, 2.24) is 4.90 Å². The van der Waals surface area contributed by atoms with Crippen LogP contribution in [0.1, 0.15) is 23.6 Å². The summed E-state index contributed by atoms with van der Waals surface area (Å²) in [6.45, 7) is 6.91. The first-order valence-electron chi connectivity index (χ1n) is 8.96. The van der Waals surface area contributed by atoms with E-state index >= 15 is 0 Å². The zero-order valence-electron chi connectivity index (χ0n) is 15.1. The third kappa shape index (κ3) is 4.27. The predicted molar refractivity (Wildman–Crippen MR) is 103 cm³/mol. The number of piperazine rings is 1. The van der Waals surface area contributed by atoms with E-state index in [-0.39, 0.29) is 5.91 Å². The molecule has 0 radical (unpaired) electrons. The second kappa shape index (κ2) is 7.81. The maximum atomic E-state index is 12.7. The van der Waals surface area contributed by atoms with Crippen LogP contribution in [0.15, 0.2) is 48.5 Å². The number of carbonyl (C=O) groups excluding carboxylic acids is 1. The molecule has 1 saturated heterocycles. The van der Waals surface area contributed by atoms with Crippen LogP contribution in [0, 0.1) is 6.92 Å². The van der Waals surface area contributed by atoms with Gasteiger partial charge >= 0.3 is 0 Å². The lowest BCUT2D eigenvalue weighted by molar-refractivity contribution is -0.122. The second-order valence-electron chi connectivity index (χ2n) is 6.95. The Morgan fingerprint density at radius 3 is 2.52 bits per heavy atom. The summed E-state index contributed by atoms with van der Waals surface area (Å²) >= 11 is 0. The van der Waals surface area contributed by atoms with Gasteiger partial charge in [0.1, 0.15) is 0 Å². The lowest BCUT2D eigenvalue weighted by atomic mass is 10.1. The molecule has 132 valence electrons. The number of benzene rings is 2. The Morgan fingerprint density at radius 2 is 1.84 bits per heavy atom. The number of carbonyl (C=O) groups is 1. The van der Waals surface area contributed by atoms with Gasteiger partial charge in [-0.15, -0.1) is 0 Å². The molecule has 4 nitrogen and oxygen atoms in total. The highest BCUT2D eigenvalue weighted by Gasteiger charge is 2.30. The van der Waals surface area contributed by atoms with Crippen molar-refractivity contribution in [3.8, 4) is 0 Å². The highest BCUT2D eigenvalue weighted by Crippen LogP contribution is 2.22. The summed E-state index contributed by atoms with van der Waals surface area (Å²) in [4.78, 5) is 16.8. The minimum Gasteiger partial charge on any atom is -0.330 e. The molecular weight excluding hydrogens is 310 g/mol. The molecule has 2 N–H and O–H groups in total. The minimum atomic E-state index is 0.170. The van der Waals surface area contributed by atoms with Gasteiger partial charge in [0, 0.05) is 24.8 Å². The number of hydrogen-bond donors (Lipinski definition) is 1. The Kier molecular flexibility index (Phi) is 5.51. The molecule has 1 aliphatic heterocycles. The Bertz CT molecular complexity index is 726. The molecule has 0 bridgehead atoms. The summed E-state index contributed by atoms with van der Waals surface area (Å²) in [5.41, 5.74) is 10.3. The van der Waals surface area contributed by atoms with Gasteiger partial charge in [-0.05, 0) is 55.6 Å². The average molecular weight is 337 g/mol. The standard InChI is InChI=1S/C21H27N3O/c1-16-4-3-5-20(12-16)24-13-17(2)23(15-21(24)25)14-19-8-6-18(7-9-19)10-11-22/h3-9,12,17H,10-11,13-15,22H2,1-2H3. The van der Waals surface area contributed by atoms with Gasteiger partial charge < -0.3 is 10.6 Å². The normalized spacial score (nSPS) is 18.6. The summed E-state index contributed by atoms with van der Waals surface area (Å²) < 4.78 is 0. The van der Waals surface area contributed by atoms with Crippen LogP contribution in [0.25, 0.3) is 0 Å². The average Bonchev–Trinajstić information content (AvgIpc) is 2.60. The van der Waals surface area contributed by atoms with Crippen molar-refractivity contribution >= 4 is 11.6 Å². The fourth-order valence-electron chi connectivity index (χ4n) is 3.37. The van der Waals surface area contributed by atoms with E-state index in [0.717, 1.165) is 25.2 Å². The predicted octanol–water partition coefficient (Wildman–Crippen LogP) is 2.73. The van der Waals surface area contributed by atoms with E-state index in [1.54, 1.807) is 0 Å². The second-order valence-corrected chi connectivity index (χ2v) is 6.95. The summed E-state index contributed by atoms with van der Waals surface area (Å²) in [5, 5.41) is 0. The maximum Gasteiger partial charge on any atom is 0.241 e.